The van der Waals surface area contributed by atoms with Crippen LogP contribution in [0.1, 0.15) is 22.3 Å². The smallest absolute Gasteiger partial charge is 0.270 e. The van der Waals surface area contributed by atoms with Gasteiger partial charge >= 0.3 is 0 Å². The standard InChI is InChI=1S/C25H19FN4O4/c26-19-7-9-20(10-8-19)29-23(32)16-21(25(29)34)30(28-24(33)18-12-14-27-15-13-18)22(31)11-6-17-4-2-1-3-5-17/h1-15,21H,16H2,(H,28,33). The molecule has 0 radical (unpaired) electrons. The van der Waals surface area contributed by atoms with Gasteiger partial charge in [-0.25, -0.2) is 14.3 Å². The minimum Gasteiger partial charge on any atom is -0.274 e. The fourth-order valence-corrected chi connectivity index (χ4v) is 3.45. The first-order valence-corrected chi connectivity index (χ1v) is 10.3. The van der Waals surface area contributed by atoms with Gasteiger partial charge in [0.25, 0.3) is 17.7 Å². The molecule has 4 rings (SSSR count). The van der Waals surface area contributed by atoms with Crippen LogP contribution >= 0.6 is 0 Å². The summed E-state index contributed by atoms with van der Waals surface area (Å²) in [6, 6.07) is 15.4. The maximum absolute atomic E-state index is 13.3. The van der Waals surface area contributed by atoms with Crippen LogP contribution in [-0.2, 0) is 14.4 Å². The number of aromatic nitrogens is 1. The zero-order chi connectivity index (χ0) is 24.1. The maximum atomic E-state index is 13.3. The van der Waals surface area contributed by atoms with Crippen molar-refractivity contribution in [1.82, 2.24) is 15.4 Å². The van der Waals surface area contributed by atoms with Crippen molar-refractivity contribution in [2.45, 2.75) is 12.5 Å². The predicted octanol–water partition coefficient (Wildman–Crippen LogP) is 2.74. The zero-order valence-electron chi connectivity index (χ0n) is 17.8. The molecule has 3 aromatic rings. The van der Waals surface area contributed by atoms with Gasteiger partial charge in [0.15, 0.2) is 0 Å². The average Bonchev–Trinajstić information content (AvgIpc) is 3.16. The minimum absolute atomic E-state index is 0.173. The lowest BCUT2D eigenvalue weighted by atomic mass is 10.2. The summed E-state index contributed by atoms with van der Waals surface area (Å²) in [5.74, 6) is -3.16. The first-order valence-electron chi connectivity index (χ1n) is 10.3. The van der Waals surface area contributed by atoms with Crippen molar-refractivity contribution in [2.75, 3.05) is 4.90 Å². The number of hydrogen-bond donors (Lipinski definition) is 1. The molecule has 1 unspecified atom stereocenters. The first kappa shape index (κ1) is 22.5. The summed E-state index contributed by atoms with van der Waals surface area (Å²) >= 11 is 0. The van der Waals surface area contributed by atoms with Gasteiger partial charge < -0.3 is 0 Å². The third kappa shape index (κ3) is 4.88. The van der Waals surface area contributed by atoms with Crippen LogP contribution in [0.3, 0.4) is 0 Å². The molecular formula is C25H19FN4O4. The quantitative estimate of drug-likeness (QED) is 0.360. The second-order valence-corrected chi connectivity index (χ2v) is 7.39. The van der Waals surface area contributed by atoms with Crippen LogP contribution in [0.25, 0.3) is 6.08 Å². The lowest BCUT2D eigenvalue weighted by Gasteiger charge is -2.27. The van der Waals surface area contributed by atoms with Crippen molar-refractivity contribution in [3.63, 3.8) is 0 Å². The van der Waals surface area contributed by atoms with E-state index in [1.807, 2.05) is 6.07 Å². The van der Waals surface area contributed by atoms with Crippen LogP contribution in [0.5, 0.6) is 0 Å². The highest BCUT2D eigenvalue weighted by molar-refractivity contribution is 6.23. The molecule has 9 heteroatoms. The molecule has 170 valence electrons. The summed E-state index contributed by atoms with van der Waals surface area (Å²) in [5.41, 5.74) is 3.57. The van der Waals surface area contributed by atoms with Crippen LogP contribution in [0, 0.1) is 5.82 Å². The third-order valence-corrected chi connectivity index (χ3v) is 5.14. The SMILES string of the molecule is O=C(NN(C(=O)C=Cc1ccccc1)C1CC(=O)N(c2ccc(F)cc2)C1=O)c1ccncc1. The Morgan fingerprint density at radius 3 is 2.35 bits per heavy atom. The van der Waals surface area contributed by atoms with Gasteiger partial charge in [-0.3, -0.25) is 29.6 Å². The van der Waals surface area contributed by atoms with E-state index in [4.69, 9.17) is 0 Å². The molecule has 1 N–H and O–H groups in total. The molecule has 8 nitrogen and oxygen atoms in total. The minimum atomic E-state index is -1.28. The molecule has 0 saturated carbocycles. The number of imide groups is 1. The number of halogens is 1. The first-order chi connectivity index (χ1) is 16.4. The van der Waals surface area contributed by atoms with Gasteiger partial charge in [-0.1, -0.05) is 30.3 Å². The Hall–Kier alpha value is -4.66. The summed E-state index contributed by atoms with van der Waals surface area (Å²) in [5, 5.41) is 0.853. The van der Waals surface area contributed by atoms with Crippen molar-refractivity contribution in [3.05, 3.63) is 102 Å². The molecule has 1 fully saturated rings. The molecule has 2 heterocycles. The van der Waals surface area contributed by atoms with Crippen molar-refractivity contribution >= 4 is 35.4 Å². The molecule has 1 atom stereocenters. The molecule has 0 bridgehead atoms. The highest BCUT2D eigenvalue weighted by atomic mass is 19.1. The van der Waals surface area contributed by atoms with Gasteiger partial charge in [0.05, 0.1) is 12.1 Å². The van der Waals surface area contributed by atoms with Crippen molar-refractivity contribution in [2.24, 2.45) is 0 Å². The van der Waals surface area contributed by atoms with E-state index in [1.54, 1.807) is 24.3 Å². The van der Waals surface area contributed by atoms with Gasteiger partial charge in [0.2, 0.25) is 5.91 Å². The van der Waals surface area contributed by atoms with E-state index in [0.29, 0.717) is 0 Å². The Balaban J connectivity index is 1.62. The van der Waals surface area contributed by atoms with Crippen molar-refractivity contribution < 1.29 is 23.6 Å². The summed E-state index contributed by atoms with van der Waals surface area (Å²) in [4.78, 5) is 56.4. The van der Waals surface area contributed by atoms with E-state index < -0.39 is 35.5 Å². The van der Waals surface area contributed by atoms with Crippen LogP contribution in [-0.4, -0.2) is 39.7 Å². The molecule has 1 aliphatic heterocycles. The van der Waals surface area contributed by atoms with E-state index >= 15 is 0 Å². The average molecular weight is 458 g/mol. The maximum Gasteiger partial charge on any atom is 0.270 e. The third-order valence-electron chi connectivity index (χ3n) is 5.14. The number of benzene rings is 2. The van der Waals surface area contributed by atoms with E-state index in [0.717, 1.165) is 27.6 Å². The van der Waals surface area contributed by atoms with Crippen molar-refractivity contribution in [1.29, 1.82) is 0 Å². The van der Waals surface area contributed by atoms with Gasteiger partial charge in [0.1, 0.15) is 11.9 Å². The molecular weight excluding hydrogens is 439 g/mol. The molecule has 4 amide bonds. The van der Waals surface area contributed by atoms with E-state index in [1.165, 1.54) is 48.8 Å². The van der Waals surface area contributed by atoms with E-state index in [2.05, 4.69) is 10.4 Å². The lowest BCUT2D eigenvalue weighted by molar-refractivity contribution is -0.136. The lowest BCUT2D eigenvalue weighted by Crippen LogP contribution is -2.54. The number of carbonyl (C=O) groups is 4. The van der Waals surface area contributed by atoms with Gasteiger partial charge in [-0.15, -0.1) is 0 Å². The fourth-order valence-electron chi connectivity index (χ4n) is 3.45. The van der Waals surface area contributed by atoms with E-state index in [9.17, 15) is 23.6 Å². The van der Waals surface area contributed by atoms with Crippen LogP contribution < -0.4 is 10.3 Å². The Morgan fingerprint density at radius 1 is 1.00 bits per heavy atom. The van der Waals surface area contributed by atoms with Crippen molar-refractivity contribution in [3.8, 4) is 0 Å². The number of hydrazine groups is 1. The van der Waals surface area contributed by atoms with E-state index in [-0.39, 0.29) is 17.7 Å². The summed E-state index contributed by atoms with van der Waals surface area (Å²) in [6.45, 7) is 0. The normalized spacial score (nSPS) is 15.6. The number of pyridine rings is 1. The Morgan fingerprint density at radius 2 is 1.68 bits per heavy atom. The number of nitrogens with one attached hydrogen (secondary N) is 1. The number of nitrogens with zero attached hydrogens (tertiary/aromatic N) is 3. The Labute approximate surface area is 194 Å². The second-order valence-electron chi connectivity index (χ2n) is 7.39. The molecule has 34 heavy (non-hydrogen) atoms. The fraction of sp³-hybridized carbons (Fsp3) is 0.0800. The van der Waals surface area contributed by atoms with Gasteiger partial charge in [-0.05, 0) is 48.0 Å². The van der Waals surface area contributed by atoms with Crippen LogP contribution in [0.4, 0.5) is 10.1 Å². The highest BCUT2D eigenvalue weighted by Crippen LogP contribution is 2.26. The summed E-state index contributed by atoms with van der Waals surface area (Å²) in [7, 11) is 0. The van der Waals surface area contributed by atoms with Crippen LogP contribution in [0.15, 0.2) is 85.2 Å². The molecule has 2 aromatic carbocycles. The highest BCUT2D eigenvalue weighted by Gasteiger charge is 2.45. The largest absolute Gasteiger partial charge is 0.274 e. The van der Waals surface area contributed by atoms with Crippen LogP contribution in [0.2, 0.25) is 0 Å². The molecule has 1 saturated heterocycles. The predicted molar refractivity (Wildman–Crippen MR) is 121 cm³/mol. The van der Waals surface area contributed by atoms with Gasteiger partial charge in [0, 0.05) is 24.0 Å². The number of carbonyl (C=O) groups excluding carboxylic acids is 4. The molecule has 1 aromatic heterocycles. The number of hydrogen-bond acceptors (Lipinski definition) is 5. The summed E-state index contributed by atoms with van der Waals surface area (Å²) < 4.78 is 13.3. The molecule has 1 aliphatic rings. The number of anilines is 1. The topological polar surface area (TPSA) is 99.7 Å². The Bertz CT molecular complexity index is 1250. The number of rotatable bonds is 5. The number of amides is 4. The monoisotopic (exact) mass is 458 g/mol. The Kier molecular flexibility index (Phi) is 6.54. The molecule has 0 aliphatic carbocycles. The summed E-state index contributed by atoms with van der Waals surface area (Å²) in [6.07, 6.45) is 5.22. The molecule has 0 spiro atoms. The van der Waals surface area contributed by atoms with Gasteiger partial charge in [-0.2, -0.15) is 0 Å². The second kappa shape index (κ2) is 9.86. The zero-order valence-corrected chi connectivity index (χ0v) is 17.8.